The van der Waals surface area contributed by atoms with Gasteiger partial charge in [0.25, 0.3) is 0 Å². The van der Waals surface area contributed by atoms with Gasteiger partial charge >= 0.3 is 0 Å². The molecule has 2 rings (SSSR count). The summed E-state index contributed by atoms with van der Waals surface area (Å²) in [6.07, 6.45) is 1.30. The van der Waals surface area contributed by atoms with Crippen LogP contribution < -0.4 is 5.32 Å². The molecular weight excluding hydrogens is 204 g/mol. The summed E-state index contributed by atoms with van der Waals surface area (Å²) in [6, 6.07) is 0. The first-order valence-electron chi connectivity index (χ1n) is 6.00. The molecule has 1 aromatic heterocycles. The average Bonchev–Trinajstić information content (AvgIpc) is 2.89. The van der Waals surface area contributed by atoms with Gasteiger partial charge in [0.15, 0.2) is 0 Å². The second kappa shape index (κ2) is 5.41. The number of aryl methyl sites for hydroxylation is 1. The molecule has 1 saturated heterocycles. The largest absolute Gasteiger partial charge is 0.311 e. The summed E-state index contributed by atoms with van der Waals surface area (Å²) >= 11 is 0. The fourth-order valence-corrected chi connectivity index (χ4v) is 2.17. The van der Waals surface area contributed by atoms with Crippen molar-refractivity contribution >= 4 is 0 Å². The Morgan fingerprint density at radius 1 is 1.50 bits per heavy atom. The molecular formula is C11H20N4O. The van der Waals surface area contributed by atoms with E-state index in [2.05, 4.69) is 32.1 Å². The fraction of sp³-hybridized carbons (Fsp3) is 0.818. The Hall–Kier alpha value is -0.940. The first-order chi connectivity index (χ1) is 7.79. The second-order valence-electron chi connectivity index (χ2n) is 4.48. The van der Waals surface area contributed by atoms with Crippen LogP contribution in [0.25, 0.3) is 0 Å². The van der Waals surface area contributed by atoms with Gasteiger partial charge in [0, 0.05) is 13.1 Å². The van der Waals surface area contributed by atoms with E-state index in [0.29, 0.717) is 0 Å². The van der Waals surface area contributed by atoms with Gasteiger partial charge < -0.3 is 10.2 Å². The fourth-order valence-electron chi connectivity index (χ4n) is 2.17. The first-order valence-corrected chi connectivity index (χ1v) is 6.00. The zero-order chi connectivity index (χ0) is 11.4. The molecule has 1 N–H and O–H groups in total. The Morgan fingerprint density at radius 3 is 3.00 bits per heavy atom. The van der Waals surface area contributed by atoms with Crippen LogP contribution in [0.1, 0.15) is 24.7 Å². The van der Waals surface area contributed by atoms with E-state index in [-0.39, 0.29) is 0 Å². The number of nitrogens with zero attached hydrogens (tertiary/aromatic N) is 3. The van der Waals surface area contributed by atoms with Crippen molar-refractivity contribution in [2.45, 2.75) is 26.8 Å². The normalized spacial score (nSPS) is 21.8. The van der Waals surface area contributed by atoms with Crippen LogP contribution in [0, 0.1) is 12.8 Å². The molecule has 1 aromatic rings. The van der Waals surface area contributed by atoms with Gasteiger partial charge in [0.05, 0.1) is 0 Å². The lowest BCUT2D eigenvalue weighted by molar-refractivity contribution is 0.299. The summed E-state index contributed by atoms with van der Waals surface area (Å²) in [6.45, 7) is 9.60. The highest BCUT2D eigenvalue weighted by Gasteiger charge is 2.20. The maximum absolute atomic E-state index is 4.65. The van der Waals surface area contributed by atoms with Crippen molar-refractivity contribution in [1.29, 1.82) is 0 Å². The monoisotopic (exact) mass is 224 g/mol. The summed E-state index contributed by atoms with van der Waals surface area (Å²) in [5.41, 5.74) is 1.81. The van der Waals surface area contributed by atoms with Gasteiger partial charge in [-0.3, -0.25) is 0 Å². The number of hydrogen-bond acceptors (Lipinski definition) is 5. The lowest BCUT2D eigenvalue weighted by atomic mass is 10.1. The van der Waals surface area contributed by atoms with Gasteiger partial charge in [-0.15, -0.1) is 0 Å². The summed E-state index contributed by atoms with van der Waals surface area (Å²) < 4.78 is 4.65. The van der Waals surface area contributed by atoms with E-state index in [1.807, 2.05) is 6.92 Å². The Labute approximate surface area is 96.2 Å². The van der Waals surface area contributed by atoms with Crippen LogP contribution in [0.2, 0.25) is 0 Å². The van der Waals surface area contributed by atoms with Gasteiger partial charge in [-0.1, -0.05) is 17.2 Å². The number of likely N-dealkylation sites (tertiary alicyclic amines) is 1. The van der Waals surface area contributed by atoms with Crippen molar-refractivity contribution in [3.05, 3.63) is 11.4 Å². The van der Waals surface area contributed by atoms with Crippen LogP contribution in [0.4, 0.5) is 0 Å². The van der Waals surface area contributed by atoms with Crippen molar-refractivity contribution in [1.82, 2.24) is 20.5 Å². The Balaban J connectivity index is 1.67. The van der Waals surface area contributed by atoms with Crippen LogP contribution in [-0.2, 0) is 6.54 Å². The van der Waals surface area contributed by atoms with Gasteiger partial charge in [0.2, 0.25) is 0 Å². The van der Waals surface area contributed by atoms with Crippen LogP contribution in [-0.4, -0.2) is 41.4 Å². The molecule has 0 spiro atoms. The minimum atomic E-state index is 0.762. The molecule has 1 fully saturated rings. The molecule has 0 saturated carbocycles. The minimum Gasteiger partial charge on any atom is -0.311 e. The number of hydrogen-bond donors (Lipinski definition) is 1. The summed E-state index contributed by atoms with van der Waals surface area (Å²) in [5.74, 6) is 0.778. The van der Waals surface area contributed by atoms with Gasteiger partial charge in [-0.2, -0.15) is 0 Å². The van der Waals surface area contributed by atoms with Crippen LogP contribution >= 0.6 is 0 Å². The zero-order valence-electron chi connectivity index (χ0n) is 10.1. The molecule has 90 valence electrons. The minimum absolute atomic E-state index is 0.762. The lowest BCUT2D eigenvalue weighted by Crippen LogP contribution is -2.26. The summed E-state index contributed by atoms with van der Waals surface area (Å²) in [5, 5.41) is 11.0. The third-order valence-electron chi connectivity index (χ3n) is 3.29. The summed E-state index contributed by atoms with van der Waals surface area (Å²) in [4.78, 5) is 2.50. The number of aromatic nitrogens is 2. The highest BCUT2D eigenvalue weighted by molar-refractivity contribution is 5.03. The van der Waals surface area contributed by atoms with Crippen molar-refractivity contribution in [2.24, 2.45) is 5.92 Å². The topological polar surface area (TPSA) is 54.2 Å². The van der Waals surface area contributed by atoms with E-state index in [4.69, 9.17) is 0 Å². The van der Waals surface area contributed by atoms with Crippen molar-refractivity contribution in [2.75, 3.05) is 26.2 Å². The van der Waals surface area contributed by atoms with Crippen LogP contribution in [0.5, 0.6) is 0 Å². The molecule has 0 bridgehead atoms. The molecule has 1 aliphatic heterocycles. The van der Waals surface area contributed by atoms with Gasteiger partial charge in [-0.25, -0.2) is 4.63 Å². The first kappa shape index (κ1) is 11.5. The van der Waals surface area contributed by atoms with Crippen LogP contribution in [0.3, 0.4) is 0 Å². The molecule has 1 atom stereocenters. The Bertz CT molecular complexity index is 326. The van der Waals surface area contributed by atoms with Crippen molar-refractivity contribution in [3.63, 3.8) is 0 Å². The Morgan fingerprint density at radius 2 is 2.38 bits per heavy atom. The van der Waals surface area contributed by atoms with Gasteiger partial charge in [0.1, 0.15) is 11.4 Å². The van der Waals surface area contributed by atoms with Crippen molar-refractivity contribution in [3.8, 4) is 0 Å². The van der Waals surface area contributed by atoms with E-state index in [0.717, 1.165) is 30.4 Å². The molecule has 16 heavy (non-hydrogen) atoms. The van der Waals surface area contributed by atoms with E-state index in [9.17, 15) is 0 Å². The molecule has 5 nitrogen and oxygen atoms in total. The number of rotatable bonds is 5. The molecule has 0 aliphatic carbocycles. The third-order valence-corrected chi connectivity index (χ3v) is 3.29. The summed E-state index contributed by atoms with van der Waals surface area (Å²) in [7, 11) is 0. The predicted molar refractivity (Wildman–Crippen MR) is 61.0 cm³/mol. The van der Waals surface area contributed by atoms with E-state index < -0.39 is 0 Å². The van der Waals surface area contributed by atoms with Gasteiger partial charge in [-0.05, 0) is 38.9 Å². The quantitative estimate of drug-likeness (QED) is 0.802. The van der Waals surface area contributed by atoms with Crippen molar-refractivity contribution < 1.29 is 4.63 Å². The molecule has 5 heteroatoms. The third kappa shape index (κ3) is 2.80. The highest BCUT2D eigenvalue weighted by atomic mass is 16.6. The Kier molecular flexibility index (Phi) is 3.90. The van der Waals surface area contributed by atoms with Crippen LogP contribution in [0.15, 0.2) is 4.63 Å². The zero-order valence-corrected chi connectivity index (χ0v) is 10.1. The predicted octanol–water partition coefficient (Wildman–Crippen LogP) is 0.809. The molecule has 0 amide bonds. The second-order valence-corrected chi connectivity index (χ2v) is 4.48. The lowest BCUT2D eigenvalue weighted by Gasteiger charge is -2.13. The van der Waals surface area contributed by atoms with E-state index in [1.54, 1.807) is 0 Å². The average molecular weight is 224 g/mol. The smallest absolute Gasteiger partial charge is 0.121 e. The maximum atomic E-state index is 4.65. The molecule has 1 unspecified atom stereocenters. The van der Waals surface area contributed by atoms with E-state index >= 15 is 0 Å². The number of nitrogens with one attached hydrogen (secondary N) is 1. The molecule has 1 aliphatic rings. The molecule has 2 heterocycles. The van der Waals surface area contributed by atoms with E-state index in [1.165, 1.54) is 26.1 Å². The highest BCUT2D eigenvalue weighted by Crippen LogP contribution is 2.14. The molecule has 0 aromatic carbocycles. The molecule has 0 radical (unpaired) electrons. The SMILES string of the molecule is CCN1CCC(CNCc2nonc2C)C1. The standard InChI is InChI=1S/C11H20N4O/c1-3-15-5-4-10(8-15)6-12-7-11-9(2)13-16-14-11/h10,12H,3-8H2,1-2H3. The maximum Gasteiger partial charge on any atom is 0.121 e.